The second-order valence-electron chi connectivity index (χ2n) is 7.69. The first-order chi connectivity index (χ1) is 13.4. The summed E-state index contributed by atoms with van der Waals surface area (Å²) in [6.45, 7) is 8.32. The first kappa shape index (κ1) is 24.2. The fourth-order valence-corrected chi connectivity index (χ4v) is 4.00. The van der Waals surface area contributed by atoms with E-state index in [1.165, 1.54) is 0 Å². The van der Waals surface area contributed by atoms with E-state index in [1.807, 2.05) is 0 Å². The average Bonchev–Trinajstić information content (AvgIpc) is 2.66. The molecule has 1 aromatic carbocycles. The standard InChI is InChI=1S/C24H38O4/c1-5-9-13-17-18(14-10-6-2)22(24(27)28)20(16-12-8-4)19(15-11-7-3)21(17)23(25)26/h5-16H2,1-4H3,(H,25,26)(H,27,28). The van der Waals surface area contributed by atoms with Gasteiger partial charge in [0.1, 0.15) is 0 Å². The highest BCUT2D eigenvalue weighted by Crippen LogP contribution is 2.33. The van der Waals surface area contributed by atoms with Crippen molar-refractivity contribution in [1.82, 2.24) is 0 Å². The van der Waals surface area contributed by atoms with Crippen molar-refractivity contribution in [3.8, 4) is 0 Å². The minimum atomic E-state index is -0.898. The molecule has 0 aliphatic rings. The molecule has 158 valence electrons. The van der Waals surface area contributed by atoms with Crippen LogP contribution in [0.3, 0.4) is 0 Å². The summed E-state index contributed by atoms with van der Waals surface area (Å²) in [4.78, 5) is 24.7. The second kappa shape index (κ2) is 12.6. The first-order valence-corrected chi connectivity index (χ1v) is 11.1. The molecule has 0 saturated carbocycles. The predicted molar refractivity (Wildman–Crippen MR) is 115 cm³/mol. The molecule has 28 heavy (non-hydrogen) atoms. The summed E-state index contributed by atoms with van der Waals surface area (Å²) in [5.41, 5.74) is 3.95. The van der Waals surface area contributed by atoms with Gasteiger partial charge in [0.05, 0.1) is 11.1 Å². The van der Waals surface area contributed by atoms with Gasteiger partial charge in [-0.05, 0) is 73.6 Å². The highest BCUT2D eigenvalue weighted by Gasteiger charge is 2.28. The Morgan fingerprint density at radius 1 is 0.536 bits per heavy atom. The molecule has 0 radical (unpaired) electrons. The molecule has 0 atom stereocenters. The predicted octanol–water partition coefficient (Wildman–Crippen LogP) is 6.45. The topological polar surface area (TPSA) is 74.6 Å². The zero-order valence-corrected chi connectivity index (χ0v) is 18.2. The Labute approximate surface area is 170 Å². The van der Waals surface area contributed by atoms with Crippen LogP contribution in [0.4, 0.5) is 0 Å². The van der Waals surface area contributed by atoms with Crippen molar-refractivity contribution in [1.29, 1.82) is 0 Å². The molecule has 0 spiro atoms. The molecular formula is C24H38O4. The molecule has 1 aromatic rings. The van der Waals surface area contributed by atoms with Gasteiger partial charge in [0.25, 0.3) is 0 Å². The van der Waals surface area contributed by atoms with E-state index in [0.29, 0.717) is 36.8 Å². The Morgan fingerprint density at radius 2 is 0.750 bits per heavy atom. The summed E-state index contributed by atoms with van der Waals surface area (Å²) >= 11 is 0. The highest BCUT2D eigenvalue weighted by molar-refractivity contribution is 5.98. The second-order valence-corrected chi connectivity index (χ2v) is 7.69. The number of benzene rings is 1. The largest absolute Gasteiger partial charge is 0.478 e. The van der Waals surface area contributed by atoms with Crippen LogP contribution in [0.1, 0.15) is 122 Å². The molecule has 0 aliphatic carbocycles. The van der Waals surface area contributed by atoms with Crippen molar-refractivity contribution >= 4 is 11.9 Å². The van der Waals surface area contributed by atoms with Gasteiger partial charge in [-0.3, -0.25) is 0 Å². The van der Waals surface area contributed by atoms with Crippen LogP contribution >= 0.6 is 0 Å². The number of unbranched alkanes of at least 4 members (excludes halogenated alkanes) is 4. The maximum Gasteiger partial charge on any atom is 0.336 e. The van der Waals surface area contributed by atoms with Crippen LogP contribution in [0.5, 0.6) is 0 Å². The highest BCUT2D eigenvalue weighted by atomic mass is 16.4. The molecule has 2 N–H and O–H groups in total. The zero-order chi connectivity index (χ0) is 21.1. The van der Waals surface area contributed by atoms with Crippen molar-refractivity contribution in [2.24, 2.45) is 0 Å². The summed E-state index contributed by atoms with van der Waals surface area (Å²) in [6, 6.07) is 0. The third kappa shape index (κ3) is 6.08. The molecule has 0 saturated heterocycles. The first-order valence-electron chi connectivity index (χ1n) is 11.1. The SMILES string of the molecule is CCCCc1c(CCCC)c(C(=O)O)c(CCCC)c(CCCC)c1C(=O)O. The average molecular weight is 391 g/mol. The molecular weight excluding hydrogens is 352 g/mol. The van der Waals surface area contributed by atoms with E-state index in [2.05, 4.69) is 27.7 Å². The van der Waals surface area contributed by atoms with Gasteiger partial charge in [-0.25, -0.2) is 9.59 Å². The van der Waals surface area contributed by atoms with Gasteiger partial charge in [-0.1, -0.05) is 53.4 Å². The van der Waals surface area contributed by atoms with Crippen molar-refractivity contribution in [2.75, 3.05) is 0 Å². The van der Waals surface area contributed by atoms with Crippen LogP contribution in [0.15, 0.2) is 0 Å². The summed E-state index contributed by atoms with van der Waals surface area (Å²) in [5, 5.41) is 20.3. The fraction of sp³-hybridized carbons (Fsp3) is 0.667. The molecule has 0 aromatic heterocycles. The molecule has 0 bridgehead atoms. The minimum absolute atomic E-state index is 0.407. The number of carboxylic acid groups (broad SMARTS) is 2. The van der Waals surface area contributed by atoms with Crippen LogP contribution in [0, 0.1) is 0 Å². The Hall–Kier alpha value is -1.84. The number of carbonyl (C=O) groups is 2. The number of aromatic carboxylic acids is 2. The van der Waals surface area contributed by atoms with E-state index in [1.54, 1.807) is 0 Å². The number of hydrogen-bond donors (Lipinski definition) is 2. The summed E-state index contributed by atoms with van der Waals surface area (Å²) in [7, 11) is 0. The summed E-state index contributed by atoms with van der Waals surface area (Å²) in [6.07, 6.45) is 9.89. The van der Waals surface area contributed by atoms with Crippen LogP contribution in [-0.2, 0) is 25.7 Å². The maximum atomic E-state index is 12.4. The lowest BCUT2D eigenvalue weighted by molar-refractivity contribution is 0.0676. The van der Waals surface area contributed by atoms with Crippen molar-refractivity contribution in [3.63, 3.8) is 0 Å². The summed E-state index contributed by atoms with van der Waals surface area (Å²) < 4.78 is 0. The van der Waals surface area contributed by atoms with Gasteiger partial charge in [0, 0.05) is 0 Å². The monoisotopic (exact) mass is 390 g/mol. The van der Waals surface area contributed by atoms with Crippen LogP contribution in [0.25, 0.3) is 0 Å². The normalized spacial score (nSPS) is 11.0. The molecule has 0 heterocycles. The summed E-state index contributed by atoms with van der Waals surface area (Å²) in [5.74, 6) is -1.80. The Balaban J connectivity index is 3.89. The van der Waals surface area contributed by atoms with Gasteiger partial charge in [-0.2, -0.15) is 0 Å². The third-order valence-electron chi connectivity index (χ3n) is 5.48. The van der Waals surface area contributed by atoms with Gasteiger partial charge >= 0.3 is 11.9 Å². The van der Waals surface area contributed by atoms with Gasteiger partial charge in [0.2, 0.25) is 0 Å². The van der Waals surface area contributed by atoms with E-state index in [4.69, 9.17) is 0 Å². The molecule has 0 aliphatic heterocycles. The Kier molecular flexibility index (Phi) is 10.9. The number of rotatable bonds is 14. The minimum Gasteiger partial charge on any atom is -0.478 e. The molecule has 0 amide bonds. The Morgan fingerprint density at radius 3 is 0.893 bits per heavy atom. The van der Waals surface area contributed by atoms with Crippen LogP contribution in [0.2, 0.25) is 0 Å². The quantitative estimate of drug-likeness (QED) is 0.382. The smallest absolute Gasteiger partial charge is 0.336 e. The maximum absolute atomic E-state index is 12.4. The van der Waals surface area contributed by atoms with Crippen molar-refractivity contribution < 1.29 is 19.8 Å². The number of carboxylic acids is 2. The number of hydrogen-bond acceptors (Lipinski definition) is 2. The molecule has 1 rings (SSSR count). The third-order valence-corrected chi connectivity index (χ3v) is 5.48. The van der Waals surface area contributed by atoms with Crippen LogP contribution < -0.4 is 0 Å². The lowest BCUT2D eigenvalue weighted by atomic mass is 9.80. The molecule has 4 heteroatoms. The molecule has 0 unspecified atom stereocenters. The van der Waals surface area contributed by atoms with Gasteiger partial charge < -0.3 is 10.2 Å². The lowest BCUT2D eigenvalue weighted by Crippen LogP contribution is -2.20. The van der Waals surface area contributed by atoms with Crippen LogP contribution in [-0.4, -0.2) is 22.2 Å². The van der Waals surface area contributed by atoms with E-state index in [-0.39, 0.29) is 0 Å². The van der Waals surface area contributed by atoms with Crippen molar-refractivity contribution in [3.05, 3.63) is 33.4 Å². The zero-order valence-electron chi connectivity index (χ0n) is 18.2. The Bertz CT molecular complexity index is 563. The van der Waals surface area contributed by atoms with Crippen molar-refractivity contribution in [2.45, 2.75) is 105 Å². The van der Waals surface area contributed by atoms with Gasteiger partial charge in [-0.15, -0.1) is 0 Å². The fourth-order valence-electron chi connectivity index (χ4n) is 4.00. The lowest BCUT2D eigenvalue weighted by Gasteiger charge is -2.24. The van der Waals surface area contributed by atoms with E-state index in [0.717, 1.165) is 73.6 Å². The molecule has 4 nitrogen and oxygen atoms in total. The molecule has 0 fully saturated rings. The van der Waals surface area contributed by atoms with E-state index >= 15 is 0 Å². The van der Waals surface area contributed by atoms with E-state index < -0.39 is 11.9 Å². The van der Waals surface area contributed by atoms with E-state index in [9.17, 15) is 19.8 Å². The van der Waals surface area contributed by atoms with Gasteiger partial charge in [0.15, 0.2) is 0 Å².